The minimum absolute atomic E-state index is 0. The molecule has 1 unspecified atom stereocenters. The Morgan fingerprint density at radius 1 is 1.47 bits per heavy atom. The molecule has 0 aromatic carbocycles. The van der Waals surface area contributed by atoms with Crippen LogP contribution in [-0.4, -0.2) is 50.3 Å². The van der Waals surface area contributed by atoms with Crippen LogP contribution in [0.25, 0.3) is 0 Å². The van der Waals surface area contributed by atoms with Crippen LogP contribution < -0.4 is 5.32 Å². The van der Waals surface area contributed by atoms with Gasteiger partial charge in [0.05, 0.1) is 6.61 Å². The molecule has 0 saturated carbocycles. The number of hydrogen-bond acceptors (Lipinski definition) is 3. The molecular formula is C11H25ClN2O. The molecular weight excluding hydrogens is 212 g/mol. The average molecular weight is 237 g/mol. The lowest BCUT2D eigenvalue weighted by atomic mass is 10.2. The summed E-state index contributed by atoms with van der Waals surface area (Å²) in [6.07, 6.45) is 0. The zero-order valence-corrected chi connectivity index (χ0v) is 11.0. The van der Waals surface area contributed by atoms with E-state index in [9.17, 15) is 0 Å². The molecule has 0 aromatic heterocycles. The van der Waals surface area contributed by atoms with Crippen molar-refractivity contribution < 1.29 is 4.74 Å². The highest BCUT2D eigenvalue weighted by molar-refractivity contribution is 5.85. The molecule has 0 bridgehead atoms. The SMILES string of the molecule is CC(C)COCCN1CCNCC1C.Cl. The maximum atomic E-state index is 5.58. The van der Waals surface area contributed by atoms with E-state index < -0.39 is 0 Å². The van der Waals surface area contributed by atoms with Crippen LogP contribution in [0.5, 0.6) is 0 Å². The van der Waals surface area contributed by atoms with Crippen LogP contribution in [-0.2, 0) is 4.74 Å². The second-order valence-electron chi connectivity index (χ2n) is 4.56. The topological polar surface area (TPSA) is 24.5 Å². The molecule has 1 aliphatic rings. The average Bonchev–Trinajstić information content (AvgIpc) is 2.15. The number of halogens is 1. The first kappa shape index (κ1) is 15.2. The van der Waals surface area contributed by atoms with Crippen molar-refractivity contribution in [3.8, 4) is 0 Å². The van der Waals surface area contributed by atoms with Gasteiger partial charge in [0, 0.05) is 38.8 Å². The van der Waals surface area contributed by atoms with Gasteiger partial charge in [-0.2, -0.15) is 0 Å². The fourth-order valence-electron chi connectivity index (χ4n) is 1.72. The van der Waals surface area contributed by atoms with Crippen LogP contribution in [0.2, 0.25) is 0 Å². The van der Waals surface area contributed by atoms with Gasteiger partial charge < -0.3 is 10.1 Å². The van der Waals surface area contributed by atoms with Crippen molar-refractivity contribution >= 4 is 12.4 Å². The summed E-state index contributed by atoms with van der Waals surface area (Å²) in [5.41, 5.74) is 0. The summed E-state index contributed by atoms with van der Waals surface area (Å²) in [4.78, 5) is 2.50. The Balaban J connectivity index is 0.00000196. The first-order valence-corrected chi connectivity index (χ1v) is 5.72. The molecule has 4 heteroatoms. The maximum Gasteiger partial charge on any atom is 0.0593 e. The first-order valence-electron chi connectivity index (χ1n) is 5.72. The van der Waals surface area contributed by atoms with E-state index in [1.54, 1.807) is 0 Å². The summed E-state index contributed by atoms with van der Waals surface area (Å²) in [5.74, 6) is 0.649. The monoisotopic (exact) mass is 236 g/mol. The van der Waals surface area contributed by atoms with Gasteiger partial charge in [-0.3, -0.25) is 4.90 Å². The van der Waals surface area contributed by atoms with Gasteiger partial charge in [-0.15, -0.1) is 12.4 Å². The number of ether oxygens (including phenoxy) is 1. The molecule has 0 amide bonds. The van der Waals surface area contributed by atoms with E-state index in [2.05, 4.69) is 31.0 Å². The third-order valence-corrected chi connectivity index (χ3v) is 2.61. The number of hydrogen-bond donors (Lipinski definition) is 1. The molecule has 1 aliphatic heterocycles. The van der Waals surface area contributed by atoms with Crippen LogP contribution in [0.3, 0.4) is 0 Å². The van der Waals surface area contributed by atoms with Crippen LogP contribution in [0, 0.1) is 5.92 Å². The second-order valence-corrected chi connectivity index (χ2v) is 4.56. The van der Waals surface area contributed by atoms with Gasteiger partial charge in [-0.05, 0) is 12.8 Å². The third kappa shape index (κ3) is 6.36. The molecule has 3 nitrogen and oxygen atoms in total. The second kappa shape index (κ2) is 8.34. The highest BCUT2D eigenvalue weighted by atomic mass is 35.5. The summed E-state index contributed by atoms with van der Waals surface area (Å²) in [7, 11) is 0. The zero-order valence-electron chi connectivity index (χ0n) is 10.2. The van der Waals surface area contributed by atoms with Gasteiger partial charge in [0.15, 0.2) is 0 Å². The zero-order chi connectivity index (χ0) is 10.4. The Hall–Kier alpha value is 0.170. The van der Waals surface area contributed by atoms with Crippen molar-refractivity contribution in [1.29, 1.82) is 0 Å². The molecule has 1 heterocycles. The molecule has 0 spiro atoms. The van der Waals surface area contributed by atoms with Gasteiger partial charge in [0.25, 0.3) is 0 Å². The van der Waals surface area contributed by atoms with Gasteiger partial charge in [0.2, 0.25) is 0 Å². The van der Waals surface area contributed by atoms with E-state index in [0.29, 0.717) is 12.0 Å². The summed E-state index contributed by atoms with van der Waals surface area (Å²) in [6.45, 7) is 12.9. The molecule has 1 atom stereocenters. The van der Waals surface area contributed by atoms with E-state index in [0.717, 1.165) is 39.4 Å². The van der Waals surface area contributed by atoms with Crippen LogP contribution in [0.1, 0.15) is 20.8 Å². The largest absolute Gasteiger partial charge is 0.380 e. The fraction of sp³-hybridized carbons (Fsp3) is 1.00. The molecule has 15 heavy (non-hydrogen) atoms. The summed E-state index contributed by atoms with van der Waals surface area (Å²) >= 11 is 0. The van der Waals surface area contributed by atoms with Crippen molar-refractivity contribution in [3.05, 3.63) is 0 Å². The van der Waals surface area contributed by atoms with Crippen molar-refractivity contribution in [3.63, 3.8) is 0 Å². The standard InChI is InChI=1S/C11H24N2O.ClH/c1-10(2)9-14-7-6-13-5-4-12-8-11(13)3;/h10-12H,4-9H2,1-3H3;1H. The number of nitrogens with zero attached hydrogens (tertiary/aromatic N) is 1. The van der Waals surface area contributed by atoms with E-state index in [1.807, 2.05) is 0 Å². The highest BCUT2D eigenvalue weighted by Gasteiger charge is 2.16. The van der Waals surface area contributed by atoms with Crippen molar-refractivity contribution in [1.82, 2.24) is 10.2 Å². The predicted octanol–water partition coefficient (Wildman–Crippen LogP) is 1.37. The van der Waals surface area contributed by atoms with E-state index >= 15 is 0 Å². The fourth-order valence-corrected chi connectivity index (χ4v) is 1.72. The number of rotatable bonds is 5. The van der Waals surface area contributed by atoms with E-state index in [-0.39, 0.29) is 12.4 Å². The summed E-state index contributed by atoms with van der Waals surface area (Å²) < 4.78 is 5.58. The number of piperazine rings is 1. The van der Waals surface area contributed by atoms with Gasteiger partial charge in [0.1, 0.15) is 0 Å². The Morgan fingerprint density at radius 2 is 2.20 bits per heavy atom. The quantitative estimate of drug-likeness (QED) is 0.730. The van der Waals surface area contributed by atoms with E-state index in [4.69, 9.17) is 4.74 Å². The van der Waals surface area contributed by atoms with Crippen LogP contribution >= 0.6 is 12.4 Å². The Morgan fingerprint density at radius 3 is 2.80 bits per heavy atom. The predicted molar refractivity (Wildman–Crippen MR) is 66.8 cm³/mol. The minimum atomic E-state index is 0. The third-order valence-electron chi connectivity index (χ3n) is 2.61. The summed E-state index contributed by atoms with van der Waals surface area (Å²) in [5, 5.41) is 3.39. The Kier molecular flexibility index (Phi) is 8.43. The Bertz CT molecular complexity index is 156. The lowest BCUT2D eigenvalue weighted by Gasteiger charge is -2.33. The van der Waals surface area contributed by atoms with Crippen molar-refractivity contribution in [2.75, 3.05) is 39.4 Å². The van der Waals surface area contributed by atoms with Gasteiger partial charge in [-0.25, -0.2) is 0 Å². The van der Waals surface area contributed by atoms with Gasteiger partial charge >= 0.3 is 0 Å². The van der Waals surface area contributed by atoms with E-state index in [1.165, 1.54) is 0 Å². The van der Waals surface area contributed by atoms with Crippen LogP contribution in [0.15, 0.2) is 0 Å². The Labute approximate surface area is 100.0 Å². The maximum absolute atomic E-state index is 5.58. The smallest absolute Gasteiger partial charge is 0.0593 e. The van der Waals surface area contributed by atoms with Crippen LogP contribution in [0.4, 0.5) is 0 Å². The molecule has 1 fully saturated rings. The highest BCUT2D eigenvalue weighted by Crippen LogP contribution is 2.01. The molecule has 0 radical (unpaired) electrons. The normalized spacial score (nSPS) is 22.8. The lowest BCUT2D eigenvalue weighted by Crippen LogP contribution is -2.50. The van der Waals surface area contributed by atoms with Crippen molar-refractivity contribution in [2.45, 2.75) is 26.8 Å². The molecule has 92 valence electrons. The molecule has 1 saturated heterocycles. The lowest BCUT2D eigenvalue weighted by molar-refractivity contribution is 0.0678. The first-order chi connectivity index (χ1) is 6.70. The number of nitrogens with one attached hydrogen (secondary N) is 1. The van der Waals surface area contributed by atoms with Crippen molar-refractivity contribution in [2.24, 2.45) is 5.92 Å². The van der Waals surface area contributed by atoms with Gasteiger partial charge in [-0.1, -0.05) is 13.8 Å². The summed E-state index contributed by atoms with van der Waals surface area (Å²) in [6, 6.07) is 0.659. The molecule has 1 N–H and O–H groups in total. The molecule has 0 aliphatic carbocycles. The molecule has 1 rings (SSSR count). The molecule has 0 aromatic rings. The minimum Gasteiger partial charge on any atom is -0.380 e.